The Morgan fingerprint density at radius 3 is 2.62 bits per heavy atom. The molecular formula is C10H11ClF3NO. The molecule has 90 valence electrons. The van der Waals surface area contributed by atoms with Crippen LogP contribution in [0.25, 0.3) is 0 Å². The standard InChI is InChI=1S/C10H11ClF3NO/c1-6(10(12,13)14)16-5-7-4-8(15)2-3-9(7)11/h2-4,6H,5,15H2,1H3. The molecule has 0 aromatic heterocycles. The molecule has 0 saturated carbocycles. The first kappa shape index (κ1) is 13.1. The van der Waals surface area contributed by atoms with Crippen LogP contribution < -0.4 is 5.73 Å². The van der Waals surface area contributed by atoms with Crippen LogP contribution in [0.1, 0.15) is 12.5 Å². The van der Waals surface area contributed by atoms with E-state index in [1.54, 1.807) is 6.07 Å². The lowest BCUT2D eigenvalue weighted by Gasteiger charge is -2.16. The molecule has 0 bridgehead atoms. The lowest BCUT2D eigenvalue weighted by atomic mass is 10.2. The highest BCUT2D eigenvalue weighted by Gasteiger charge is 2.36. The molecule has 0 fully saturated rings. The summed E-state index contributed by atoms with van der Waals surface area (Å²) < 4.78 is 41.1. The SMILES string of the molecule is CC(OCc1cc(N)ccc1Cl)C(F)(F)F. The Morgan fingerprint density at radius 2 is 2.06 bits per heavy atom. The average molecular weight is 254 g/mol. The van der Waals surface area contributed by atoms with Gasteiger partial charge in [-0.2, -0.15) is 13.2 Å². The predicted octanol–water partition coefficient (Wildman–Crippen LogP) is 3.39. The number of anilines is 1. The van der Waals surface area contributed by atoms with Crippen molar-refractivity contribution in [1.82, 2.24) is 0 Å². The third kappa shape index (κ3) is 3.57. The summed E-state index contributed by atoms with van der Waals surface area (Å²) in [6, 6.07) is 4.58. The van der Waals surface area contributed by atoms with Crippen molar-refractivity contribution in [1.29, 1.82) is 0 Å². The number of ether oxygens (including phenoxy) is 1. The van der Waals surface area contributed by atoms with Gasteiger partial charge in [0.15, 0.2) is 6.10 Å². The second-order valence-corrected chi connectivity index (χ2v) is 3.75. The molecule has 0 amide bonds. The minimum atomic E-state index is -4.37. The summed E-state index contributed by atoms with van der Waals surface area (Å²) in [5.74, 6) is 0. The summed E-state index contributed by atoms with van der Waals surface area (Å²) in [5.41, 5.74) is 6.36. The molecule has 6 heteroatoms. The molecule has 1 unspecified atom stereocenters. The summed E-state index contributed by atoms with van der Waals surface area (Å²) in [6.07, 6.45) is -6.20. The topological polar surface area (TPSA) is 35.2 Å². The number of rotatable bonds is 3. The zero-order chi connectivity index (χ0) is 12.3. The molecule has 2 nitrogen and oxygen atoms in total. The Labute approximate surface area is 96.1 Å². The van der Waals surface area contributed by atoms with Gasteiger partial charge in [-0.05, 0) is 30.7 Å². The second kappa shape index (κ2) is 4.93. The van der Waals surface area contributed by atoms with Crippen LogP contribution in [-0.2, 0) is 11.3 Å². The van der Waals surface area contributed by atoms with Gasteiger partial charge in [-0.25, -0.2) is 0 Å². The van der Waals surface area contributed by atoms with Gasteiger partial charge in [-0.3, -0.25) is 0 Å². The van der Waals surface area contributed by atoms with Crippen LogP contribution in [0.4, 0.5) is 18.9 Å². The molecule has 0 aliphatic heterocycles. The van der Waals surface area contributed by atoms with Crippen molar-refractivity contribution in [3.8, 4) is 0 Å². The highest BCUT2D eigenvalue weighted by atomic mass is 35.5. The predicted molar refractivity (Wildman–Crippen MR) is 56.2 cm³/mol. The Kier molecular flexibility index (Phi) is 4.04. The first-order chi connectivity index (χ1) is 7.30. The maximum atomic E-state index is 12.1. The van der Waals surface area contributed by atoms with Crippen molar-refractivity contribution in [2.24, 2.45) is 0 Å². The molecule has 0 radical (unpaired) electrons. The van der Waals surface area contributed by atoms with Crippen LogP contribution in [0.3, 0.4) is 0 Å². The number of hydrogen-bond acceptors (Lipinski definition) is 2. The van der Waals surface area contributed by atoms with Gasteiger partial charge in [-0.1, -0.05) is 11.6 Å². The third-order valence-electron chi connectivity index (χ3n) is 2.02. The average Bonchev–Trinajstić information content (AvgIpc) is 2.17. The Hall–Kier alpha value is -0.940. The molecule has 1 aromatic carbocycles. The number of halogens is 4. The minimum Gasteiger partial charge on any atom is -0.399 e. The summed E-state index contributed by atoms with van der Waals surface area (Å²) in [7, 11) is 0. The largest absolute Gasteiger partial charge is 0.414 e. The van der Waals surface area contributed by atoms with Gasteiger partial charge in [0.2, 0.25) is 0 Å². The Morgan fingerprint density at radius 1 is 1.44 bits per heavy atom. The molecule has 1 aromatic rings. The third-order valence-corrected chi connectivity index (χ3v) is 2.39. The fourth-order valence-electron chi connectivity index (χ4n) is 1.01. The van der Waals surface area contributed by atoms with Crippen LogP contribution in [0.5, 0.6) is 0 Å². The van der Waals surface area contributed by atoms with E-state index in [4.69, 9.17) is 17.3 Å². The fourth-order valence-corrected chi connectivity index (χ4v) is 1.19. The van der Waals surface area contributed by atoms with Gasteiger partial charge >= 0.3 is 6.18 Å². The van der Waals surface area contributed by atoms with Crippen molar-refractivity contribution in [3.63, 3.8) is 0 Å². The highest BCUT2D eigenvalue weighted by molar-refractivity contribution is 6.31. The fraction of sp³-hybridized carbons (Fsp3) is 0.400. The van der Waals surface area contributed by atoms with Crippen LogP contribution in [0, 0.1) is 0 Å². The van der Waals surface area contributed by atoms with Gasteiger partial charge in [0, 0.05) is 10.7 Å². The first-order valence-corrected chi connectivity index (χ1v) is 4.90. The van der Waals surface area contributed by atoms with Gasteiger partial charge in [0.05, 0.1) is 6.61 Å². The maximum Gasteiger partial charge on any atom is 0.414 e. The summed E-state index contributed by atoms with van der Waals surface area (Å²) in [4.78, 5) is 0. The molecule has 16 heavy (non-hydrogen) atoms. The number of nitrogen functional groups attached to an aromatic ring is 1. The smallest absolute Gasteiger partial charge is 0.399 e. The van der Waals surface area contributed by atoms with E-state index in [9.17, 15) is 13.2 Å². The van der Waals surface area contributed by atoms with Crippen molar-refractivity contribution >= 4 is 17.3 Å². The van der Waals surface area contributed by atoms with E-state index < -0.39 is 12.3 Å². The van der Waals surface area contributed by atoms with Crippen molar-refractivity contribution in [2.75, 3.05) is 5.73 Å². The molecule has 0 spiro atoms. The van der Waals surface area contributed by atoms with E-state index in [0.717, 1.165) is 6.92 Å². The number of hydrogen-bond donors (Lipinski definition) is 1. The van der Waals surface area contributed by atoms with E-state index >= 15 is 0 Å². The molecule has 1 rings (SSSR count). The lowest BCUT2D eigenvalue weighted by molar-refractivity contribution is -0.217. The van der Waals surface area contributed by atoms with E-state index in [2.05, 4.69) is 4.74 Å². The zero-order valence-corrected chi connectivity index (χ0v) is 9.27. The number of nitrogens with two attached hydrogens (primary N) is 1. The monoisotopic (exact) mass is 253 g/mol. The zero-order valence-electron chi connectivity index (χ0n) is 8.51. The van der Waals surface area contributed by atoms with Crippen molar-refractivity contribution < 1.29 is 17.9 Å². The highest BCUT2D eigenvalue weighted by Crippen LogP contribution is 2.25. The maximum absolute atomic E-state index is 12.1. The molecule has 0 saturated heterocycles. The summed E-state index contributed by atoms with van der Waals surface area (Å²) >= 11 is 5.78. The van der Waals surface area contributed by atoms with Crippen LogP contribution in [0.15, 0.2) is 18.2 Å². The van der Waals surface area contributed by atoms with Crippen LogP contribution in [-0.4, -0.2) is 12.3 Å². The van der Waals surface area contributed by atoms with Crippen LogP contribution >= 0.6 is 11.6 Å². The Bertz CT molecular complexity index is 368. The normalized spacial score (nSPS) is 13.8. The number of alkyl halides is 3. The van der Waals surface area contributed by atoms with Gasteiger partial charge < -0.3 is 10.5 Å². The molecule has 1 atom stereocenters. The van der Waals surface area contributed by atoms with Crippen molar-refractivity contribution in [2.45, 2.75) is 25.8 Å². The molecule has 0 aliphatic rings. The molecule has 2 N–H and O–H groups in total. The van der Waals surface area contributed by atoms with Crippen LogP contribution in [0.2, 0.25) is 5.02 Å². The van der Waals surface area contributed by atoms with E-state index in [-0.39, 0.29) is 6.61 Å². The van der Waals surface area contributed by atoms with E-state index in [1.807, 2.05) is 0 Å². The van der Waals surface area contributed by atoms with Crippen molar-refractivity contribution in [3.05, 3.63) is 28.8 Å². The van der Waals surface area contributed by atoms with Gasteiger partial charge in [0.25, 0.3) is 0 Å². The molecule has 0 heterocycles. The van der Waals surface area contributed by atoms with E-state index in [1.165, 1.54) is 12.1 Å². The van der Waals surface area contributed by atoms with E-state index in [0.29, 0.717) is 16.3 Å². The van der Waals surface area contributed by atoms with Gasteiger partial charge in [-0.15, -0.1) is 0 Å². The molecule has 0 aliphatic carbocycles. The molecular weight excluding hydrogens is 243 g/mol. The van der Waals surface area contributed by atoms with Gasteiger partial charge in [0.1, 0.15) is 0 Å². The quantitative estimate of drug-likeness (QED) is 0.838. The summed E-state index contributed by atoms with van der Waals surface area (Å²) in [6.45, 7) is 0.727. The number of benzene rings is 1. The summed E-state index contributed by atoms with van der Waals surface area (Å²) in [5, 5.41) is 0.337. The minimum absolute atomic E-state index is 0.218. The lowest BCUT2D eigenvalue weighted by Crippen LogP contribution is -2.28. The first-order valence-electron chi connectivity index (χ1n) is 4.53. The second-order valence-electron chi connectivity index (χ2n) is 3.35. The Balaban J connectivity index is 2.64.